The maximum absolute atomic E-state index is 8.36. The number of nitrogens with zero attached hydrogens (tertiary/aromatic N) is 2. The Morgan fingerprint density at radius 1 is 1.60 bits per heavy atom. The molecule has 0 radical (unpaired) electrons. The molecule has 10 heteroatoms. The molecule has 0 amide bonds. The summed E-state index contributed by atoms with van der Waals surface area (Å²) >= 11 is 0. The number of hydrogen-bond donors (Lipinski definition) is 5. The summed E-state index contributed by atoms with van der Waals surface area (Å²) in [6, 6.07) is 0. The number of rotatable bonds is 0. The molecule has 0 aromatic heterocycles. The fourth-order valence-electron chi connectivity index (χ4n) is 0. The maximum atomic E-state index is 8.36. The van der Waals surface area contributed by atoms with Crippen LogP contribution in [0.3, 0.4) is 0 Å². The number of hydrazine groups is 2. The van der Waals surface area contributed by atoms with Gasteiger partial charge >= 0.3 is 0 Å². The highest BCUT2D eigenvalue weighted by Crippen LogP contribution is 1.38. The van der Waals surface area contributed by atoms with Crippen molar-refractivity contribution in [1.82, 2.24) is 5.53 Å². The normalized spacial score (nSPS) is 5.40. The summed E-state index contributed by atoms with van der Waals surface area (Å²) < 4.78 is 0. The van der Waals surface area contributed by atoms with Crippen molar-refractivity contribution in [3.63, 3.8) is 0 Å². The van der Waals surface area contributed by atoms with E-state index in [1.165, 1.54) is 5.34 Å². The first-order valence-electron chi connectivity index (χ1n) is 1.53. The van der Waals surface area contributed by atoms with Gasteiger partial charge in [0.2, 0.25) is 0 Å². The van der Waals surface area contributed by atoms with E-state index in [9.17, 15) is 0 Å². The largest absolute Gasteiger partial charge is 0.379 e. The highest BCUT2D eigenvalue weighted by atomic mass is 16.9. The smallest absolute Gasteiger partial charge is 0.291 e. The van der Waals surface area contributed by atoms with Crippen LogP contribution in [-0.2, 0) is 0 Å². The van der Waals surface area contributed by atoms with Gasteiger partial charge in [-0.2, -0.15) is 5.53 Å². The second-order valence-electron chi connectivity index (χ2n) is 0.486. The first-order valence-corrected chi connectivity index (χ1v) is 1.53. The highest BCUT2D eigenvalue weighted by Gasteiger charge is 1.65. The van der Waals surface area contributed by atoms with Crippen LogP contribution in [0.1, 0.15) is 0 Å². The van der Waals surface area contributed by atoms with E-state index in [0.717, 1.165) is 0 Å². The van der Waals surface area contributed by atoms with Gasteiger partial charge in [0.25, 0.3) is 5.09 Å². The van der Waals surface area contributed by atoms with E-state index in [-0.39, 0.29) is 0 Å². The molecular weight excluding hydrogens is 150 g/mol. The van der Waals surface area contributed by atoms with Gasteiger partial charge in [0.15, 0.2) is 5.34 Å². The predicted molar refractivity (Wildman–Crippen MR) is 27.9 cm³/mol. The van der Waals surface area contributed by atoms with Gasteiger partial charge in [0.05, 0.1) is 0 Å². The molecule has 10 nitrogen and oxygen atoms in total. The third kappa shape index (κ3) is 84.2. The average Bonchev–Trinajstić information content (AvgIpc) is 1.65. The van der Waals surface area contributed by atoms with E-state index in [4.69, 9.17) is 25.4 Å². The van der Waals surface area contributed by atoms with Crippen molar-refractivity contribution in [1.29, 1.82) is 0 Å². The van der Waals surface area contributed by atoms with E-state index >= 15 is 0 Å². The second-order valence-corrected chi connectivity index (χ2v) is 0.486. The molecule has 0 saturated carbocycles. The number of nitrogens with one attached hydrogen (secondary N) is 1. The topological polar surface area (TPSA) is 177 Å². The fourth-order valence-corrected chi connectivity index (χ4v) is 0. The third-order valence-electron chi connectivity index (χ3n) is 0. The summed E-state index contributed by atoms with van der Waals surface area (Å²) in [4.78, 5) is 16.5. The van der Waals surface area contributed by atoms with Crippen molar-refractivity contribution in [2.75, 3.05) is 0 Å². The standard InChI is InChI=1S/H5N3.HNO3.HNO2/c1-3-2;2-1(3)4;2-1-3/h3H,1-2H2;(H,2,3,4);(H,2,3). The molecule has 0 aromatic carbocycles. The monoisotopic (exact) mass is 157 g/mol. The Morgan fingerprint density at radius 3 is 1.60 bits per heavy atom. The van der Waals surface area contributed by atoms with Gasteiger partial charge in [-0.1, -0.05) is 0 Å². The molecule has 0 saturated heterocycles. The molecule has 0 aliphatic carbocycles. The van der Waals surface area contributed by atoms with Crippen LogP contribution in [0.4, 0.5) is 0 Å². The molecule has 0 aliphatic rings. The molecule has 0 aliphatic heterocycles. The summed E-state index contributed by atoms with van der Waals surface area (Å²) in [5.41, 5.74) is 1.75. The molecule has 0 aromatic rings. The van der Waals surface area contributed by atoms with Gasteiger partial charge in [0, 0.05) is 0 Å². The lowest BCUT2D eigenvalue weighted by molar-refractivity contribution is -0.742. The Labute approximate surface area is 54.4 Å². The Bertz CT molecular complexity index is 66.4. The van der Waals surface area contributed by atoms with Crippen LogP contribution in [0, 0.1) is 15.0 Å². The quantitative estimate of drug-likeness (QED) is 0.117. The highest BCUT2D eigenvalue weighted by molar-refractivity contribution is 3.84. The van der Waals surface area contributed by atoms with Crippen LogP contribution < -0.4 is 17.2 Å². The molecule has 0 unspecified atom stereocenters. The zero-order valence-electron chi connectivity index (χ0n) is 4.67. The van der Waals surface area contributed by atoms with Gasteiger partial charge in [-0.15, -0.1) is 15.0 Å². The minimum absolute atomic E-state index is 1.25. The van der Waals surface area contributed by atoms with Crippen LogP contribution in [0.2, 0.25) is 0 Å². The molecule has 0 rings (SSSR count). The zero-order chi connectivity index (χ0) is 8.99. The van der Waals surface area contributed by atoms with Crippen LogP contribution >= 0.6 is 0 Å². The Balaban J connectivity index is -0.0000000750. The van der Waals surface area contributed by atoms with Gasteiger partial charge < -0.3 is 10.4 Å². The Morgan fingerprint density at radius 2 is 1.60 bits per heavy atom. The SMILES string of the molecule is NNN.O=NO.O=[N+]([O-])O. The van der Waals surface area contributed by atoms with E-state index in [1.807, 2.05) is 0 Å². The van der Waals surface area contributed by atoms with Gasteiger partial charge in [0.1, 0.15) is 0 Å². The van der Waals surface area contributed by atoms with Crippen LogP contribution in [0.25, 0.3) is 0 Å². The van der Waals surface area contributed by atoms with E-state index < -0.39 is 5.09 Å². The van der Waals surface area contributed by atoms with E-state index in [1.54, 1.807) is 5.53 Å². The molecule has 0 heterocycles. The predicted octanol–water partition coefficient (Wildman–Crippen LogP) is -1.88. The minimum Gasteiger partial charge on any atom is -0.379 e. The first-order chi connectivity index (χ1) is 4.56. The van der Waals surface area contributed by atoms with Gasteiger partial charge in [-0.3, -0.25) is 11.7 Å². The van der Waals surface area contributed by atoms with Gasteiger partial charge in [-0.25, -0.2) is 0 Å². The second kappa shape index (κ2) is 25.9. The summed E-state index contributed by atoms with van der Waals surface area (Å²) in [6.07, 6.45) is 0. The summed E-state index contributed by atoms with van der Waals surface area (Å²) in [6.45, 7) is 0. The van der Waals surface area contributed by atoms with E-state index in [2.05, 4.69) is 11.7 Å². The molecular formula is H7N5O5. The Hall–Kier alpha value is -1.52. The summed E-state index contributed by atoms with van der Waals surface area (Å²) in [7, 11) is 0. The van der Waals surface area contributed by atoms with Gasteiger partial charge in [-0.05, 0) is 0 Å². The lowest BCUT2D eigenvalue weighted by atomic mass is 12.6. The van der Waals surface area contributed by atoms with Crippen LogP contribution in [0.5, 0.6) is 0 Å². The molecule has 0 bridgehead atoms. The molecule has 10 heavy (non-hydrogen) atoms. The molecule has 0 atom stereocenters. The van der Waals surface area contributed by atoms with Crippen LogP contribution in [-0.4, -0.2) is 15.5 Å². The molecule has 7 N–H and O–H groups in total. The molecule has 0 spiro atoms. The third-order valence-corrected chi connectivity index (χ3v) is 0. The summed E-state index contributed by atoms with van der Waals surface area (Å²) in [5, 5.41) is 21.5. The van der Waals surface area contributed by atoms with E-state index in [0.29, 0.717) is 0 Å². The molecule has 0 fully saturated rings. The summed E-state index contributed by atoms with van der Waals surface area (Å²) in [5.74, 6) is 8.75. The Kier molecular flexibility index (Phi) is 41.0. The van der Waals surface area contributed by atoms with Crippen molar-refractivity contribution in [2.45, 2.75) is 0 Å². The zero-order valence-corrected chi connectivity index (χ0v) is 4.67. The number of nitrogens with two attached hydrogens (primary N) is 2. The van der Waals surface area contributed by atoms with Crippen molar-refractivity contribution in [3.05, 3.63) is 15.0 Å². The van der Waals surface area contributed by atoms with Crippen molar-refractivity contribution in [2.24, 2.45) is 17.0 Å². The number of hydrogen-bond acceptors (Lipinski definition) is 7. The first kappa shape index (κ1) is 15.8. The lowest BCUT2D eigenvalue weighted by Gasteiger charge is -1.64. The lowest BCUT2D eigenvalue weighted by Crippen LogP contribution is -2.29. The van der Waals surface area contributed by atoms with Crippen molar-refractivity contribution < 1.29 is 15.5 Å². The van der Waals surface area contributed by atoms with Crippen molar-refractivity contribution >= 4 is 0 Å². The van der Waals surface area contributed by atoms with Crippen molar-refractivity contribution in [3.8, 4) is 0 Å². The minimum atomic E-state index is -1.50. The fraction of sp³-hybridized carbons (Fsp3) is 0. The van der Waals surface area contributed by atoms with Crippen LogP contribution in [0.15, 0.2) is 5.34 Å². The average molecular weight is 157 g/mol. The maximum Gasteiger partial charge on any atom is 0.291 e. The molecule has 62 valence electrons.